The summed E-state index contributed by atoms with van der Waals surface area (Å²) in [7, 11) is -0.882. The van der Waals surface area contributed by atoms with Crippen molar-refractivity contribution in [2.75, 3.05) is 25.6 Å². The fraction of sp³-hybridized carbons (Fsp3) is 0.600. The number of hydrogen-bond acceptors (Lipinski definition) is 4. The third kappa shape index (κ3) is 4.30. The summed E-state index contributed by atoms with van der Waals surface area (Å²) in [6.45, 7) is 4.04. The van der Waals surface area contributed by atoms with Crippen LogP contribution in [0.15, 0.2) is 24.3 Å². The van der Waals surface area contributed by atoms with E-state index in [-0.39, 0.29) is 11.3 Å². The first-order chi connectivity index (χ1) is 9.70. The van der Waals surface area contributed by atoms with Gasteiger partial charge in [-0.25, -0.2) is 0 Å². The first-order valence-corrected chi connectivity index (χ1v) is 8.52. The van der Waals surface area contributed by atoms with E-state index >= 15 is 0 Å². The minimum absolute atomic E-state index is 0.186. The molecule has 5 heteroatoms. The van der Waals surface area contributed by atoms with Crippen molar-refractivity contribution in [2.24, 2.45) is 5.73 Å². The van der Waals surface area contributed by atoms with E-state index in [9.17, 15) is 4.21 Å². The van der Waals surface area contributed by atoms with Crippen molar-refractivity contribution in [1.29, 1.82) is 0 Å². The van der Waals surface area contributed by atoms with Gasteiger partial charge in [-0.2, -0.15) is 0 Å². The molecule has 0 saturated carbocycles. The standard InChI is InChI=1S/C15H23NO3S/c1-2-19-13-5-3-12(4-6-13)15(16)11-20(17)14-7-9-18-10-8-14/h3-6,14-15H,2,7-11,16H2,1H3. The Kier molecular flexibility index (Phi) is 6.01. The van der Waals surface area contributed by atoms with E-state index in [0.717, 1.165) is 24.2 Å². The van der Waals surface area contributed by atoms with Gasteiger partial charge in [0.2, 0.25) is 0 Å². The van der Waals surface area contributed by atoms with Crippen molar-refractivity contribution in [3.8, 4) is 5.75 Å². The molecule has 2 atom stereocenters. The highest BCUT2D eigenvalue weighted by Crippen LogP contribution is 2.20. The minimum atomic E-state index is -0.882. The van der Waals surface area contributed by atoms with E-state index < -0.39 is 10.8 Å². The largest absolute Gasteiger partial charge is 0.494 e. The molecule has 2 rings (SSSR count). The molecule has 1 fully saturated rings. The van der Waals surface area contributed by atoms with Crippen LogP contribution in [-0.4, -0.2) is 35.0 Å². The zero-order valence-electron chi connectivity index (χ0n) is 11.9. The Bertz CT molecular complexity index is 429. The molecular weight excluding hydrogens is 274 g/mol. The van der Waals surface area contributed by atoms with Crippen LogP contribution in [0, 0.1) is 0 Å². The number of ether oxygens (including phenoxy) is 2. The van der Waals surface area contributed by atoms with Gasteiger partial charge in [-0.15, -0.1) is 0 Å². The number of hydrogen-bond donors (Lipinski definition) is 1. The Morgan fingerprint density at radius 2 is 2.00 bits per heavy atom. The predicted molar refractivity (Wildman–Crippen MR) is 81.4 cm³/mol. The lowest BCUT2D eigenvalue weighted by molar-refractivity contribution is 0.0992. The highest BCUT2D eigenvalue weighted by Gasteiger charge is 2.22. The Balaban J connectivity index is 1.89. The summed E-state index contributed by atoms with van der Waals surface area (Å²) >= 11 is 0. The zero-order chi connectivity index (χ0) is 14.4. The highest BCUT2D eigenvalue weighted by atomic mass is 32.2. The Morgan fingerprint density at radius 1 is 1.35 bits per heavy atom. The molecule has 4 nitrogen and oxygen atoms in total. The van der Waals surface area contributed by atoms with Gasteiger partial charge >= 0.3 is 0 Å². The van der Waals surface area contributed by atoms with Crippen LogP contribution in [0.1, 0.15) is 31.4 Å². The lowest BCUT2D eigenvalue weighted by Gasteiger charge is -2.23. The second-order valence-electron chi connectivity index (χ2n) is 4.97. The maximum atomic E-state index is 12.3. The van der Waals surface area contributed by atoms with Gasteiger partial charge < -0.3 is 15.2 Å². The quantitative estimate of drug-likeness (QED) is 0.872. The fourth-order valence-corrected chi connectivity index (χ4v) is 3.86. The molecule has 2 unspecified atom stereocenters. The van der Waals surface area contributed by atoms with Gasteiger partial charge in [-0.05, 0) is 37.5 Å². The molecular formula is C15H23NO3S. The van der Waals surface area contributed by atoms with Gasteiger partial charge in [0, 0.05) is 41.1 Å². The van der Waals surface area contributed by atoms with E-state index in [1.807, 2.05) is 31.2 Å². The third-order valence-corrected chi connectivity index (χ3v) is 5.41. The van der Waals surface area contributed by atoms with Gasteiger partial charge in [0.1, 0.15) is 5.75 Å². The summed E-state index contributed by atoms with van der Waals surface area (Å²) in [6, 6.07) is 7.55. The highest BCUT2D eigenvalue weighted by molar-refractivity contribution is 7.85. The topological polar surface area (TPSA) is 61.5 Å². The smallest absolute Gasteiger partial charge is 0.119 e. The minimum Gasteiger partial charge on any atom is -0.494 e. The first-order valence-electron chi connectivity index (χ1n) is 7.14. The average Bonchev–Trinajstić information content (AvgIpc) is 2.49. The normalized spacial score (nSPS) is 19.5. The second kappa shape index (κ2) is 7.76. The van der Waals surface area contributed by atoms with Crippen molar-refractivity contribution >= 4 is 10.8 Å². The summed E-state index contributed by atoms with van der Waals surface area (Å²) in [5.74, 6) is 1.35. The summed E-state index contributed by atoms with van der Waals surface area (Å²) in [4.78, 5) is 0. The van der Waals surface area contributed by atoms with Crippen LogP contribution < -0.4 is 10.5 Å². The SMILES string of the molecule is CCOc1ccc(C(N)CS(=O)C2CCOCC2)cc1. The van der Waals surface area contributed by atoms with Crippen molar-refractivity contribution in [2.45, 2.75) is 31.1 Å². The van der Waals surface area contributed by atoms with Crippen molar-refractivity contribution in [3.05, 3.63) is 29.8 Å². The summed E-state index contributed by atoms with van der Waals surface area (Å²) in [5, 5.41) is 0.234. The van der Waals surface area contributed by atoms with Gasteiger partial charge in [0.05, 0.1) is 6.61 Å². The van der Waals surface area contributed by atoms with Crippen molar-refractivity contribution in [1.82, 2.24) is 0 Å². The predicted octanol–water partition coefficient (Wildman–Crippen LogP) is 2.01. The van der Waals surface area contributed by atoms with Crippen LogP contribution in [0.5, 0.6) is 5.75 Å². The summed E-state index contributed by atoms with van der Waals surface area (Å²) in [6.07, 6.45) is 1.76. The zero-order valence-corrected chi connectivity index (χ0v) is 12.7. The molecule has 1 aromatic carbocycles. The van der Waals surface area contributed by atoms with Gasteiger partial charge in [-0.3, -0.25) is 4.21 Å². The number of rotatable bonds is 6. The fourth-order valence-electron chi connectivity index (χ4n) is 2.33. The molecule has 112 valence electrons. The van der Waals surface area contributed by atoms with E-state index in [1.54, 1.807) is 0 Å². The summed E-state index contributed by atoms with van der Waals surface area (Å²) in [5.41, 5.74) is 7.17. The maximum absolute atomic E-state index is 12.3. The number of nitrogens with two attached hydrogens (primary N) is 1. The average molecular weight is 297 g/mol. The van der Waals surface area contributed by atoms with Crippen LogP contribution in [0.3, 0.4) is 0 Å². The molecule has 0 spiro atoms. The molecule has 1 aromatic rings. The molecule has 1 aliphatic heterocycles. The molecule has 1 aliphatic rings. The van der Waals surface area contributed by atoms with Crippen LogP contribution in [-0.2, 0) is 15.5 Å². The molecule has 1 saturated heterocycles. The molecule has 0 bridgehead atoms. The molecule has 20 heavy (non-hydrogen) atoms. The Hall–Kier alpha value is -0.910. The van der Waals surface area contributed by atoms with Crippen LogP contribution in [0.4, 0.5) is 0 Å². The summed E-state index contributed by atoms with van der Waals surface area (Å²) < 4.78 is 23.0. The van der Waals surface area contributed by atoms with Crippen molar-refractivity contribution in [3.63, 3.8) is 0 Å². The Labute approximate surface area is 123 Å². The third-order valence-electron chi connectivity index (χ3n) is 3.50. The van der Waals surface area contributed by atoms with Gasteiger partial charge in [0.25, 0.3) is 0 Å². The molecule has 2 N–H and O–H groups in total. The molecule has 0 amide bonds. The monoisotopic (exact) mass is 297 g/mol. The first kappa shape index (κ1) is 15.5. The second-order valence-corrected chi connectivity index (χ2v) is 6.73. The number of benzene rings is 1. The van der Waals surface area contributed by atoms with Crippen LogP contribution in [0.2, 0.25) is 0 Å². The lowest BCUT2D eigenvalue weighted by Crippen LogP contribution is -2.30. The van der Waals surface area contributed by atoms with Crippen LogP contribution in [0.25, 0.3) is 0 Å². The lowest BCUT2D eigenvalue weighted by atomic mass is 10.1. The van der Waals surface area contributed by atoms with E-state index in [2.05, 4.69) is 0 Å². The van der Waals surface area contributed by atoms with Crippen molar-refractivity contribution < 1.29 is 13.7 Å². The molecule has 0 radical (unpaired) electrons. The van der Waals surface area contributed by atoms with Crippen LogP contribution >= 0.6 is 0 Å². The van der Waals surface area contributed by atoms with Gasteiger partial charge in [-0.1, -0.05) is 12.1 Å². The molecule has 0 aliphatic carbocycles. The van der Waals surface area contributed by atoms with E-state index in [4.69, 9.17) is 15.2 Å². The Morgan fingerprint density at radius 3 is 2.60 bits per heavy atom. The maximum Gasteiger partial charge on any atom is 0.119 e. The van der Waals surface area contributed by atoms with Gasteiger partial charge in [0.15, 0.2) is 0 Å². The van der Waals surface area contributed by atoms with E-state index in [1.165, 1.54) is 0 Å². The van der Waals surface area contributed by atoms with E-state index in [0.29, 0.717) is 25.6 Å². The molecule has 0 aromatic heterocycles. The molecule has 1 heterocycles.